The topological polar surface area (TPSA) is 108 Å². The summed E-state index contributed by atoms with van der Waals surface area (Å²) < 4.78 is 0. The number of nitrogens with one attached hydrogen (secondary N) is 3. The molecule has 1 aliphatic carbocycles. The van der Waals surface area contributed by atoms with E-state index < -0.39 is 6.04 Å². The molecule has 0 radical (unpaired) electrons. The first-order chi connectivity index (χ1) is 14.0. The lowest BCUT2D eigenvalue weighted by molar-refractivity contribution is -0.123. The molecule has 3 rings (SSSR count). The van der Waals surface area contributed by atoms with Gasteiger partial charge in [-0.05, 0) is 36.5 Å². The summed E-state index contributed by atoms with van der Waals surface area (Å²) in [5.74, 6) is -0.191. The monoisotopic (exact) mass is 392 g/mol. The van der Waals surface area contributed by atoms with E-state index in [4.69, 9.17) is 11.1 Å². The fourth-order valence-electron chi connectivity index (χ4n) is 3.73. The minimum absolute atomic E-state index is 0.107. The van der Waals surface area contributed by atoms with Gasteiger partial charge in [-0.1, -0.05) is 61.7 Å². The minimum atomic E-state index is -0.784. The Morgan fingerprint density at radius 1 is 1.00 bits per heavy atom. The highest BCUT2D eigenvalue weighted by Gasteiger charge is 2.24. The van der Waals surface area contributed by atoms with Crippen molar-refractivity contribution in [2.75, 3.05) is 6.54 Å². The van der Waals surface area contributed by atoms with Gasteiger partial charge in [-0.15, -0.1) is 0 Å². The van der Waals surface area contributed by atoms with Gasteiger partial charge in [0.25, 0.3) is 5.91 Å². The molecule has 6 heteroatoms. The fraction of sp³-hybridized carbons (Fsp3) is 0.348. The van der Waals surface area contributed by atoms with E-state index >= 15 is 0 Å². The molecule has 152 valence electrons. The molecular formula is C23H28N4O2. The Hall–Kier alpha value is -3.15. The van der Waals surface area contributed by atoms with E-state index in [1.165, 1.54) is 19.3 Å². The van der Waals surface area contributed by atoms with Crippen molar-refractivity contribution in [1.29, 1.82) is 5.41 Å². The van der Waals surface area contributed by atoms with Crippen LogP contribution in [-0.2, 0) is 4.79 Å². The SMILES string of the molecule is N=C(N)c1cccc(C(=O)N[C@@H](C(=O)NCC2CCCCC2)c2ccccc2)c1. The van der Waals surface area contributed by atoms with Crippen molar-refractivity contribution in [3.8, 4) is 0 Å². The van der Waals surface area contributed by atoms with Crippen LogP contribution in [0.25, 0.3) is 0 Å². The Morgan fingerprint density at radius 3 is 2.38 bits per heavy atom. The lowest BCUT2D eigenvalue weighted by atomic mass is 9.89. The van der Waals surface area contributed by atoms with Crippen LogP contribution in [0.2, 0.25) is 0 Å². The summed E-state index contributed by atoms with van der Waals surface area (Å²) in [5.41, 5.74) is 7.08. The standard InChI is InChI=1S/C23H28N4O2/c24-21(25)18-12-7-13-19(14-18)22(28)27-20(17-10-5-2-6-11-17)23(29)26-15-16-8-3-1-4-9-16/h2,5-7,10-14,16,20H,1,3-4,8-9,15H2,(H3,24,25)(H,26,29)(H,27,28)/t20-/m1/s1. The summed E-state index contributed by atoms with van der Waals surface area (Å²) in [7, 11) is 0. The van der Waals surface area contributed by atoms with E-state index in [0.29, 0.717) is 23.6 Å². The number of carbonyl (C=O) groups is 2. The first kappa shape index (κ1) is 20.6. The van der Waals surface area contributed by atoms with Gasteiger partial charge in [-0.3, -0.25) is 15.0 Å². The number of carbonyl (C=O) groups excluding carboxylic acids is 2. The number of amidine groups is 1. The molecule has 0 spiro atoms. The Morgan fingerprint density at radius 2 is 1.69 bits per heavy atom. The molecule has 2 aromatic carbocycles. The van der Waals surface area contributed by atoms with Crippen molar-refractivity contribution in [3.05, 3.63) is 71.3 Å². The van der Waals surface area contributed by atoms with Gasteiger partial charge in [0.15, 0.2) is 0 Å². The van der Waals surface area contributed by atoms with E-state index in [9.17, 15) is 9.59 Å². The molecule has 0 heterocycles. The number of hydrogen-bond donors (Lipinski definition) is 4. The Balaban J connectivity index is 1.73. The number of nitrogen functional groups attached to an aromatic ring is 1. The largest absolute Gasteiger partial charge is 0.384 e. The molecule has 5 N–H and O–H groups in total. The van der Waals surface area contributed by atoms with Gasteiger partial charge in [0.2, 0.25) is 5.91 Å². The minimum Gasteiger partial charge on any atom is -0.384 e. The van der Waals surface area contributed by atoms with Crippen LogP contribution in [0.4, 0.5) is 0 Å². The molecule has 2 aromatic rings. The number of hydrogen-bond acceptors (Lipinski definition) is 3. The average Bonchev–Trinajstić information content (AvgIpc) is 2.77. The summed E-state index contributed by atoms with van der Waals surface area (Å²) in [4.78, 5) is 25.8. The highest BCUT2D eigenvalue weighted by molar-refractivity contribution is 6.01. The maximum Gasteiger partial charge on any atom is 0.252 e. The molecule has 29 heavy (non-hydrogen) atoms. The molecule has 0 bridgehead atoms. The van der Waals surface area contributed by atoms with Gasteiger partial charge in [-0.2, -0.15) is 0 Å². The number of rotatable bonds is 7. The fourth-order valence-corrected chi connectivity index (χ4v) is 3.73. The second kappa shape index (κ2) is 9.87. The predicted octanol–water partition coefficient (Wildman–Crippen LogP) is 3.14. The molecule has 0 saturated heterocycles. The van der Waals surface area contributed by atoms with Gasteiger partial charge in [0.05, 0.1) is 0 Å². The molecule has 1 fully saturated rings. The first-order valence-electron chi connectivity index (χ1n) is 10.1. The Bertz CT molecular complexity index is 860. The van der Waals surface area contributed by atoms with E-state index in [-0.39, 0.29) is 17.6 Å². The summed E-state index contributed by atoms with van der Waals surface area (Å²) in [6.07, 6.45) is 5.98. The lowest BCUT2D eigenvalue weighted by Crippen LogP contribution is -2.42. The van der Waals surface area contributed by atoms with Crippen LogP contribution in [0, 0.1) is 11.3 Å². The van der Waals surface area contributed by atoms with Crippen LogP contribution in [0.5, 0.6) is 0 Å². The molecule has 6 nitrogen and oxygen atoms in total. The third-order valence-electron chi connectivity index (χ3n) is 5.40. The molecule has 1 atom stereocenters. The highest BCUT2D eigenvalue weighted by Crippen LogP contribution is 2.23. The number of amides is 2. The number of nitrogens with two attached hydrogens (primary N) is 1. The number of benzene rings is 2. The van der Waals surface area contributed by atoms with Gasteiger partial charge in [-0.25, -0.2) is 0 Å². The third-order valence-corrected chi connectivity index (χ3v) is 5.40. The second-order valence-corrected chi connectivity index (χ2v) is 7.56. The van der Waals surface area contributed by atoms with Crippen molar-refractivity contribution < 1.29 is 9.59 Å². The first-order valence-corrected chi connectivity index (χ1v) is 10.1. The molecule has 1 saturated carbocycles. The molecule has 0 unspecified atom stereocenters. The van der Waals surface area contributed by atoms with Gasteiger partial charge >= 0.3 is 0 Å². The van der Waals surface area contributed by atoms with Crippen LogP contribution in [0.3, 0.4) is 0 Å². The van der Waals surface area contributed by atoms with Crippen LogP contribution in [0.1, 0.15) is 59.6 Å². The highest BCUT2D eigenvalue weighted by atomic mass is 16.2. The van der Waals surface area contributed by atoms with Crippen molar-refractivity contribution in [2.24, 2.45) is 11.7 Å². The normalized spacial score (nSPS) is 15.3. The zero-order chi connectivity index (χ0) is 20.6. The zero-order valence-electron chi connectivity index (χ0n) is 16.5. The molecular weight excluding hydrogens is 364 g/mol. The predicted molar refractivity (Wildman–Crippen MR) is 114 cm³/mol. The Kier molecular flexibility index (Phi) is 7.00. The zero-order valence-corrected chi connectivity index (χ0v) is 16.5. The summed E-state index contributed by atoms with van der Waals surface area (Å²) in [6.45, 7) is 0.637. The van der Waals surface area contributed by atoms with Crippen LogP contribution in [0.15, 0.2) is 54.6 Å². The van der Waals surface area contributed by atoms with E-state index in [2.05, 4.69) is 10.6 Å². The van der Waals surface area contributed by atoms with E-state index in [0.717, 1.165) is 18.4 Å². The van der Waals surface area contributed by atoms with E-state index in [1.807, 2.05) is 30.3 Å². The third kappa shape index (κ3) is 5.67. The van der Waals surface area contributed by atoms with Crippen LogP contribution >= 0.6 is 0 Å². The van der Waals surface area contributed by atoms with Crippen molar-refractivity contribution in [3.63, 3.8) is 0 Å². The van der Waals surface area contributed by atoms with Gasteiger partial charge in [0, 0.05) is 17.7 Å². The van der Waals surface area contributed by atoms with Crippen molar-refractivity contribution in [2.45, 2.75) is 38.1 Å². The van der Waals surface area contributed by atoms with Gasteiger partial charge < -0.3 is 16.4 Å². The molecule has 2 amide bonds. The quantitative estimate of drug-likeness (QED) is 0.429. The molecule has 0 aliphatic heterocycles. The summed E-state index contributed by atoms with van der Waals surface area (Å²) in [5, 5.41) is 13.4. The maximum absolute atomic E-state index is 12.9. The summed E-state index contributed by atoms with van der Waals surface area (Å²) >= 11 is 0. The second-order valence-electron chi connectivity index (χ2n) is 7.56. The summed E-state index contributed by atoms with van der Waals surface area (Å²) in [6, 6.07) is 15.0. The average molecular weight is 393 g/mol. The van der Waals surface area contributed by atoms with Crippen molar-refractivity contribution >= 4 is 17.6 Å². The van der Waals surface area contributed by atoms with Crippen LogP contribution < -0.4 is 16.4 Å². The van der Waals surface area contributed by atoms with Crippen LogP contribution in [-0.4, -0.2) is 24.2 Å². The lowest BCUT2D eigenvalue weighted by Gasteiger charge is -2.24. The van der Waals surface area contributed by atoms with Gasteiger partial charge in [0.1, 0.15) is 11.9 Å². The van der Waals surface area contributed by atoms with Crippen molar-refractivity contribution in [1.82, 2.24) is 10.6 Å². The maximum atomic E-state index is 12.9. The molecule has 0 aromatic heterocycles. The van der Waals surface area contributed by atoms with E-state index in [1.54, 1.807) is 24.3 Å². The smallest absolute Gasteiger partial charge is 0.252 e. The Labute approximate surface area is 171 Å². The molecule has 1 aliphatic rings.